The molecule has 29 heavy (non-hydrogen) atoms. The predicted octanol–water partition coefficient (Wildman–Crippen LogP) is 1.45. The Hall–Kier alpha value is -1.91. The Balaban J connectivity index is 0.000000755. The van der Waals surface area contributed by atoms with E-state index >= 15 is 0 Å². The number of carbonyl (C=O) groups is 2. The number of piperidine rings is 1. The lowest BCUT2D eigenvalue weighted by Gasteiger charge is -2.32. The van der Waals surface area contributed by atoms with Gasteiger partial charge in [0.2, 0.25) is 0 Å². The maximum atomic E-state index is 12.5. The molecule has 1 aromatic rings. The number of nitrogens with zero attached hydrogens (tertiary/aromatic N) is 4. The topological polar surface area (TPSA) is 98.2 Å². The van der Waals surface area contributed by atoms with Crippen LogP contribution in [0.5, 0.6) is 0 Å². The molecule has 1 unspecified atom stereocenters. The fraction of sp³-hybridized carbons (Fsp3) is 0.737. The van der Waals surface area contributed by atoms with Crippen LogP contribution in [0.3, 0.4) is 0 Å². The molecule has 3 aliphatic heterocycles. The van der Waals surface area contributed by atoms with Crippen LogP contribution in [0.1, 0.15) is 31.4 Å². The number of urea groups is 1. The van der Waals surface area contributed by atoms with E-state index in [0.717, 1.165) is 56.6 Å². The number of thiazole rings is 1. The van der Waals surface area contributed by atoms with Gasteiger partial charge < -0.3 is 25.0 Å². The molecule has 2 amide bonds. The van der Waals surface area contributed by atoms with Gasteiger partial charge in [0.15, 0.2) is 5.13 Å². The number of anilines is 1. The maximum absolute atomic E-state index is 12.5. The van der Waals surface area contributed by atoms with Gasteiger partial charge in [0.25, 0.3) is 6.47 Å². The second-order valence-electron chi connectivity index (χ2n) is 7.47. The van der Waals surface area contributed by atoms with Crippen molar-refractivity contribution in [2.75, 3.05) is 57.4 Å². The third-order valence-electron chi connectivity index (χ3n) is 5.60. The molecule has 162 valence electrons. The SMILES string of the molecule is O=C(NCc1csc(N2CCOCC2)n1)N1CCC(N2CCCCC2)C1.O=CO. The number of carbonyl (C=O) groups excluding carboxylic acids is 1. The Morgan fingerprint density at radius 2 is 1.97 bits per heavy atom. The number of ether oxygens (including phenoxy) is 1. The number of likely N-dealkylation sites (tertiary alicyclic amines) is 2. The summed E-state index contributed by atoms with van der Waals surface area (Å²) in [6.07, 6.45) is 5.06. The molecule has 1 atom stereocenters. The lowest BCUT2D eigenvalue weighted by Crippen LogP contribution is -2.43. The summed E-state index contributed by atoms with van der Waals surface area (Å²) in [6, 6.07) is 0.596. The molecular formula is C19H31N5O4S. The van der Waals surface area contributed by atoms with Crippen molar-refractivity contribution in [3.05, 3.63) is 11.1 Å². The number of morpholine rings is 1. The summed E-state index contributed by atoms with van der Waals surface area (Å²) in [6.45, 7) is 7.69. The number of hydrogen-bond acceptors (Lipinski definition) is 7. The molecule has 0 bridgehead atoms. The summed E-state index contributed by atoms with van der Waals surface area (Å²) >= 11 is 1.65. The monoisotopic (exact) mass is 425 g/mol. The van der Waals surface area contributed by atoms with Crippen molar-refractivity contribution in [2.45, 2.75) is 38.3 Å². The first-order chi connectivity index (χ1) is 14.2. The van der Waals surface area contributed by atoms with Crippen LogP contribution < -0.4 is 10.2 Å². The standard InChI is InChI=1S/C18H29N5O2S.CH2O2/c24-17(23-7-4-16(13-23)21-5-2-1-3-6-21)19-12-15-14-26-18(20-15)22-8-10-25-11-9-22;2-1-3/h14,16H,1-13H2,(H,19,24);1H,(H,2,3). The number of hydrogen-bond donors (Lipinski definition) is 2. The number of carboxylic acid groups (broad SMARTS) is 1. The van der Waals surface area contributed by atoms with Crippen molar-refractivity contribution in [1.29, 1.82) is 0 Å². The third-order valence-corrected chi connectivity index (χ3v) is 6.55. The highest BCUT2D eigenvalue weighted by Gasteiger charge is 2.30. The van der Waals surface area contributed by atoms with Gasteiger partial charge in [-0.25, -0.2) is 9.78 Å². The van der Waals surface area contributed by atoms with Gasteiger partial charge in [-0.15, -0.1) is 11.3 Å². The fourth-order valence-electron chi connectivity index (χ4n) is 4.06. The number of nitrogens with one attached hydrogen (secondary N) is 1. The van der Waals surface area contributed by atoms with Crippen LogP contribution in [0.15, 0.2) is 5.38 Å². The normalized spacial score (nSPS) is 22.7. The summed E-state index contributed by atoms with van der Waals surface area (Å²) in [5.74, 6) is 0. The average Bonchev–Trinajstić information content (AvgIpc) is 3.44. The largest absolute Gasteiger partial charge is 0.483 e. The minimum absolute atomic E-state index is 0.0467. The molecule has 0 aliphatic carbocycles. The van der Waals surface area contributed by atoms with Crippen molar-refractivity contribution >= 4 is 29.0 Å². The van der Waals surface area contributed by atoms with Crippen LogP contribution >= 0.6 is 11.3 Å². The van der Waals surface area contributed by atoms with Gasteiger partial charge in [-0.05, 0) is 32.4 Å². The Morgan fingerprint density at radius 3 is 2.69 bits per heavy atom. The molecule has 3 saturated heterocycles. The highest BCUT2D eigenvalue weighted by molar-refractivity contribution is 7.13. The molecule has 0 saturated carbocycles. The summed E-state index contributed by atoms with van der Waals surface area (Å²) in [5, 5.41) is 13.0. The summed E-state index contributed by atoms with van der Waals surface area (Å²) in [7, 11) is 0. The maximum Gasteiger partial charge on any atom is 0.317 e. The molecule has 0 aromatic carbocycles. The van der Waals surface area contributed by atoms with Gasteiger partial charge in [-0.2, -0.15) is 0 Å². The second kappa shape index (κ2) is 11.3. The van der Waals surface area contributed by atoms with E-state index in [-0.39, 0.29) is 12.5 Å². The lowest BCUT2D eigenvalue weighted by molar-refractivity contribution is -0.122. The van der Waals surface area contributed by atoms with Crippen LogP contribution in [0.4, 0.5) is 9.93 Å². The van der Waals surface area contributed by atoms with E-state index in [1.807, 2.05) is 10.3 Å². The molecule has 3 fully saturated rings. The molecule has 4 heterocycles. The first-order valence-corrected chi connectivity index (χ1v) is 11.2. The van der Waals surface area contributed by atoms with E-state index in [2.05, 4.69) is 20.1 Å². The molecular weight excluding hydrogens is 394 g/mol. The zero-order chi connectivity index (χ0) is 20.5. The first-order valence-electron chi connectivity index (χ1n) is 10.3. The quantitative estimate of drug-likeness (QED) is 0.705. The van der Waals surface area contributed by atoms with Crippen molar-refractivity contribution in [3.8, 4) is 0 Å². The highest BCUT2D eigenvalue weighted by Crippen LogP contribution is 2.22. The second-order valence-corrected chi connectivity index (χ2v) is 8.31. The molecule has 0 radical (unpaired) electrons. The Morgan fingerprint density at radius 1 is 1.24 bits per heavy atom. The third kappa shape index (κ3) is 6.28. The van der Waals surface area contributed by atoms with E-state index < -0.39 is 0 Å². The van der Waals surface area contributed by atoms with Crippen molar-refractivity contribution in [1.82, 2.24) is 20.1 Å². The van der Waals surface area contributed by atoms with E-state index in [4.69, 9.17) is 14.6 Å². The van der Waals surface area contributed by atoms with Gasteiger partial charge in [0.05, 0.1) is 25.5 Å². The molecule has 1 aromatic heterocycles. The van der Waals surface area contributed by atoms with E-state index in [1.165, 1.54) is 32.4 Å². The molecule has 2 N–H and O–H groups in total. The smallest absolute Gasteiger partial charge is 0.317 e. The van der Waals surface area contributed by atoms with Gasteiger partial charge in [-0.1, -0.05) is 6.42 Å². The fourth-order valence-corrected chi connectivity index (χ4v) is 4.94. The van der Waals surface area contributed by atoms with E-state index in [1.54, 1.807) is 11.3 Å². The zero-order valence-corrected chi connectivity index (χ0v) is 17.6. The molecule has 4 rings (SSSR count). The van der Waals surface area contributed by atoms with Gasteiger partial charge in [0.1, 0.15) is 0 Å². The summed E-state index contributed by atoms with van der Waals surface area (Å²) in [5.41, 5.74) is 0.941. The zero-order valence-electron chi connectivity index (χ0n) is 16.8. The van der Waals surface area contributed by atoms with E-state index in [9.17, 15) is 4.79 Å². The van der Waals surface area contributed by atoms with E-state index in [0.29, 0.717) is 12.6 Å². The average molecular weight is 426 g/mol. The number of aromatic nitrogens is 1. The molecule has 10 heteroatoms. The summed E-state index contributed by atoms with van der Waals surface area (Å²) in [4.78, 5) is 32.3. The van der Waals surface area contributed by atoms with Gasteiger partial charge in [0, 0.05) is 37.6 Å². The van der Waals surface area contributed by atoms with Crippen LogP contribution in [0, 0.1) is 0 Å². The minimum Gasteiger partial charge on any atom is -0.483 e. The Labute approximate surface area is 175 Å². The van der Waals surface area contributed by atoms with Gasteiger partial charge >= 0.3 is 6.03 Å². The van der Waals surface area contributed by atoms with Crippen LogP contribution in [-0.2, 0) is 16.1 Å². The van der Waals surface area contributed by atoms with Crippen molar-refractivity contribution in [3.63, 3.8) is 0 Å². The summed E-state index contributed by atoms with van der Waals surface area (Å²) < 4.78 is 5.39. The van der Waals surface area contributed by atoms with Crippen molar-refractivity contribution in [2.24, 2.45) is 0 Å². The first kappa shape index (κ1) is 21.8. The van der Waals surface area contributed by atoms with Crippen LogP contribution in [-0.4, -0.2) is 90.9 Å². The van der Waals surface area contributed by atoms with Crippen molar-refractivity contribution < 1.29 is 19.4 Å². The number of amides is 2. The highest BCUT2D eigenvalue weighted by atomic mass is 32.1. The molecule has 0 spiro atoms. The predicted molar refractivity (Wildman–Crippen MR) is 111 cm³/mol. The minimum atomic E-state index is -0.250. The Kier molecular flexibility index (Phi) is 8.51. The Bertz CT molecular complexity index is 646. The lowest BCUT2D eigenvalue weighted by atomic mass is 10.1. The van der Waals surface area contributed by atoms with Gasteiger partial charge in [-0.3, -0.25) is 9.69 Å². The molecule has 3 aliphatic rings. The van der Waals surface area contributed by atoms with Crippen LogP contribution in [0.2, 0.25) is 0 Å². The molecule has 9 nitrogen and oxygen atoms in total. The van der Waals surface area contributed by atoms with Crippen LogP contribution in [0.25, 0.3) is 0 Å². The number of rotatable bonds is 4.